The number of allylic oxidation sites excluding steroid dienone is 1. The number of hydrogen-bond acceptors (Lipinski definition) is 3. The summed E-state index contributed by atoms with van der Waals surface area (Å²) in [6.07, 6.45) is 2.13. The molecule has 0 fully saturated rings. The molecular weight excluding hydrogens is 358 g/mol. The largest absolute Gasteiger partial charge is 0.497 e. The highest BCUT2D eigenvalue weighted by molar-refractivity contribution is 5.90. The first-order valence-electron chi connectivity index (χ1n) is 10.0. The van der Waals surface area contributed by atoms with Gasteiger partial charge in [-0.15, -0.1) is 0 Å². The van der Waals surface area contributed by atoms with Crippen molar-refractivity contribution in [1.29, 1.82) is 0 Å². The number of para-hydroxylation sites is 1. The van der Waals surface area contributed by atoms with E-state index in [0.717, 1.165) is 28.3 Å². The summed E-state index contributed by atoms with van der Waals surface area (Å²) in [5.41, 5.74) is 8.34. The number of fused-ring (bicyclic) bond motifs is 5. The van der Waals surface area contributed by atoms with Crippen LogP contribution >= 0.6 is 0 Å². The van der Waals surface area contributed by atoms with E-state index in [1.165, 1.54) is 22.3 Å². The average Bonchev–Trinajstić information content (AvgIpc) is 2.71. The van der Waals surface area contributed by atoms with Crippen LogP contribution in [0.5, 0.6) is 11.5 Å². The molecule has 146 valence electrons. The summed E-state index contributed by atoms with van der Waals surface area (Å²) in [5, 5.41) is 3.68. The van der Waals surface area contributed by atoms with Crippen molar-refractivity contribution in [1.82, 2.24) is 0 Å². The van der Waals surface area contributed by atoms with E-state index in [-0.39, 0.29) is 11.6 Å². The molecule has 2 aliphatic heterocycles. The molecule has 2 aliphatic rings. The number of anilines is 1. The summed E-state index contributed by atoms with van der Waals surface area (Å²) in [6, 6.07) is 20.9. The van der Waals surface area contributed by atoms with Crippen molar-refractivity contribution in [2.45, 2.75) is 32.4 Å². The molecule has 29 heavy (non-hydrogen) atoms. The zero-order valence-electron chi connectivity index (χ0n) is 17.2. The number of rotatable bonds is 2. The van der Waals surface area contributed by atoms with Crippen LogP contribution in [0.15, 0.2) is 66.7 Å². The van der Waals surface area contributed by atoms with Crippen LogP contribution in [0.3, 0.4) is 0 Å². The zero-order valence-corrected chi connectivity index (χ0v) is 17.2. The number of methoxy groups -OCH3 is 1. The second-order valence-electron chi connectivity index (χ2n) is 8.39. The predicted octanol–water partition coefficient (Wildman–Crippen LogP) is 6.45. The van der Waals surface area contributed by atoms with Gasteiger partial charge in [-0.3, -0.25) is 0 Å². The van der Waals surface area contributed by atoms with E-state index in [0.29, 0.717) is 0 Å². The maximum Gasteiger partial charge on any atom is 0.150 e. The molecule has 0 aromatic heterocycles. The molecule has 3 aromatic carbocycles. The zero-order chi connectivity index (χ0) is 20.2. The minimum Gasteiger partial charge on any atom is -0.497 e. The van der Waals surface area contributed by atoms with Crippen LogP contribution in [0, 0.1) is 0 Å². The highest BCUT2D eigenvalue weighted by Crippen LogP contribution is 2.50. The Kier molecular flexibility index (Phi) is 3.95. The van der Waals surface area contributed by atoms with Gasteiger partial charge in [0, 0.05) is 22.4 Å². The highest BCUT2D eigenvalue weighted by atomic mass is 16.5. The first-order valence-corrected chi connectivity index (χ1v) is 10.0. The molecule has 0 aliphatic carbocycles. The quantitative estimate of drug-likeness (QED) is 0.551. The van der Waals surface area contributed by atoms with Crippen molar-refractivity contribution in [3.05, 3.63) is 83.4 Å². The Balaban J connectivity index is 1.77. The highest BCUT2D eigenvalue weighted by Gasteiger charge is 2.34. The summed E-state index contributed by atoms with van der Waals surface area (Å²) >= 11 is 0. The molecule has 3 aromatic rings. The van der Waals surface area contributed by atoms with Crippen molar-refractivity contribution < 1.29 is 9.47 Å². The normalized spacial score (nSPS) is 18.3. The standard InChI is InChI=1S/C26H25NO2/c1-16-15-26(2,3)27-21-14-13-20-19-7-5-6-8-22(19)29-25(24(20)23(16)21)17-9-11-18(28-4)12-10-17/h5-15,25,27H,1-4H3. The molecule has 3 nitrogen and oxygen atoms in total. The molecule has 0 saturated carbocycles. The van der Waals surface area contributed by atoms with Crippen LogP contribution < -0.4 is 14.8 Å². The van der Waals surface area contributed by atoms with Crippen LogP contribution in [0.4, 0.5) is 5.69 Å². The first kappa shape index (κ1) is 17.9. The van der Waals surface area contributed by atoms with Gasteiger partial charge in [0.15, 0.2) is 6.10 Å². The molecule has 1 atom stereocenters. The van der Waals surface area contributed by atoms with E-state index >= 15 is 0 Å². The Hall–Kier alpha value is -3.20. The fourth-order valence-corrected chi connectivity index (χ4v) is 4.64. The molecule has 0 bridgehead atoms. The molecule has 1 N–H and O–H groups in total. The monoisotopic (exact) mass is 383 g/mol. The van der Waals surface area contributed by atoms with Crippen molar-refractivity contribution in [2.75, 3.05) is 12.4 Å². The number of nitrogens with one attached hydrogen (secondary N) is 1. The summed E-state index contributed by atoms with van der Waals surface area (Å²) in [7, 11) is 1.69. The maximum absolute atomic E-state index is 6.59. The van der Waals surface area contributed by atoms with Gasteiger partial charge in [-0.2, -0.15) is 0 Å². The summed E-state index contributed by atoms with van der Waals surface area (Å²) in [4.78, 5) is 0. The van der Waals surface area contributed by atoms with Gasteiger partial charge in [0.25, 0.3) is 0 Å². The van der Waals surface area contributed by atoms with Gasteiger partial charge >= 0.3 is 0 Å². The summed E-state index contributed by atoms with van der Waals surface area (Å²) < 4.78 is 11.9. The lowest BCUT2D eigenvalue weighted by Crippen LogP contribution is -2.32. The Bertz CT molecular complexity index is 1130. The van der Waals surface area contributed by atoms with Crippen molar-refractivity contribution in [2.24, 2.45) is 0 Å². The lowest BCUT2D eigenvalue weighted by atomic mass is 9.80. The van der Waals surface area contributed by atoms with E-state index in [1.807, 2.05) is 18.2 Å². The van der Waals surface area contributed by atoms with Crippen LogP contribution in [-0.2, 0) is 0 Å². The molecule has 5 rings (SSSR count). The number of ether oxygens (including phenoxy) is 2. The molecule has 2 heterocycles. The summed E-state index contributed by atoms with van der Waals surface area (Å²) in [6.45, 7) is 6.60. The van der Waals surface area contributed by atoms with Crippen molar-refractivity contribution >= 4 is 11.3 Å². The second kappa shape index (κ2) is 6.41. The third-order valence-electron chi connectivity index (χ3n) is 5.78. The molecule has 1 unspecified atom stereocenters. The van der Waals surface area contributed by atoms with E-state index in [4.69, 9.17) is 9.47 Å². The fourth-order valence-electron chi connectivity index (χ4n) is 4.64. The van der Waals surface area contributed by atoms with Gasteiger partial charge in [-0.05, 0) is 61.7 Å². The third kappa shape index (κ3) is 2.89. The fraction of sp³-hybridized carbons (Fsp3) is 0.231. The molecule has 0 radical (unpaired) electrons. The Morgan fingerprint density at radius 2 is 1.69 bits per heavy atom. The smallest absolute Gasteiger partial charge is 0.150 e. The minimum atomic E-state index is -0.174. The second-order valence-corrected chi connectivity index (χ2v) is 8.39. The van der Waals surface area contributed by atoms with Crippen LogP contribution in [0.1, 0.15) is 43.6 Å². The van der Waals surface area contributed by atoms with Gasteiger partial charge < -0.3 is 14.8 Å². The molecule has 3 heteroatoms. The molecule has 0 amide bonds. The first-order chi connectivity index (χ1) is 14.0. The molecule has 0 saturated heterocycles. The van der Waals surface area contributed by atoms with Gasteiger partial charge in [0.05, 0.1) is 12.6 Å². The van der Waals surface area contributed by atoms with E-state index in [1.54, 1.807) is 7.11 Å². The lowest BCUT2D eigenvalue weighted by molar-refractivity contribution is 0.243. The topological polar surface area (TPSA) is 30.5 Å². The van der Waals surface area contributed by atoms with Crippen LogP contribution in [-0.4, -0.2) is 12.6 Å². The van der Waals surface area contributed by atoms with E-state index in [2.05, 4.69) is 74.6 Å². The van der Waals surface area contributed by atoms with E-state index < -0.39 is 0 Å². The summed E-state index contributed by atoms with van der Waals surface area (Å²) in [5.74, 6) is 1.77. The Morgan fingerprint density at radius 1 is 0.931 bits per heavy atom. The Morgan fingerprint density at radius 3 is 2.45 bits per heavy atom. The van der Waals surface area contributed by atoms with Gasteiger partial charge in [0.1, 0.15) is 11.5 Å². The average molecular weight is 383 g/mol. The third-order valence-corrected chi connectivity index (χ3v) is 5.78. The van der Waals surface area contributed by atoms with Gasteiger partial charge in [-0.25, -0.2) is 0 Å². The molecule has 0 spiro atoms. The van der Waals surface area contributed by atoms with Gasteiger partial charge in [-0.1, -0.05) is 42.5 Å². The lowest BCUT2D eigenvalue weighted by Gasteiger charge is -2.37. The molecular formula is C26H25NO2. The van der Waals surface area contributed by atoms with Gasteiger partial charge in [0.2, 0.25) is 0 Å². The van der Waals surface area contributed by atoms with E-state index in [9.17, 15) is 0 Å². The number of hydrogen-bond donors (Lipinski definition) is 1. The van der Waals surface area contributed by atoms with Crippen molar-refractivity contribution in [3.63, 3.8) is 0 Å². The minimum absolute atomic E-state index is 0.0750. The van der Waals surface area contributed by atoms with Crippen LogP contribution in [0.25, 0.3) is 16.7 Å². The Labute approximate surface area is 172 Å². The predicted molar refractivity (Wildman–Crippen MR) is 119 cm³/mol. The SMILES string of the molecule is COc1ccc(C2Oc3ccccc3-c3ccc4c(c32)C(C)=CC(C)(C)N4)cc1. The van der Waals surface area contributed by atoms with Crippen molar-refractivity contribution in [3.8, 4) is 22.6 Å². The maximum atomic E-state index is 6.59. The van der Waals surface area contributed by atoms with Crippen LogP contribution in [0.2, 0.25) is 0 Å². The number of benzene rings is 3.